The first-order valence-electron chi connectivity index (χ1n) is 12.8. The van der Waals surface area contributed by atoms with E-state index in [1.54, 1.807) is 29.9 Å². The highest BCUT2D eigenvalue weighted by Crippen LogP contribution is 2.37. The van der Waals surface area contributed by atoms with Crippen LogP contribution in [-0.4, -0.2) is 60.1 Å². The number of aliphatic hydroxyl groups excluding tert-OH is 2. The van der Waals surface area contributed by atoms with Crippen LogP contribution in [0.5, 0.6) is 5.75 Å². The van der Waals surface area contributed by atoms with Crippen LogP contribution < -0.4 is 10.1 Å². The average Bonchev–Trinajstić information content (AvgIpc) is 3.52. The molecule has 0 radical (unpaired) electrons. The minimum Gasteiger partial charge on any atom is -0.487 e. The Labute approximate surface area is 214 Å². The number of benzene rings is 1. The molecule has 0 bridgehead atoms. The number of pyridine rings is 1. The Bertz CT molecular complexity index is 1360. The monoisotopic (exact) mass is 508 g/mol. The average molecular weight is 509 g/mol. The number of aromatic nitrogens is 5. The molecule has 1 aliphatic carbocycles. The van der Waals surface area contributed by atoms with E-state index in [4.69, 9.17) is 14.9 Å². The van der Waals surface area contributed by atoms with E-state index < -0.39 is 6.10 Å². The minimum absolute atomic E-state index is 0.0379. The highest BCUT2D eigenvalue weighted by Gasteiger charge is 2.27. The molecule has 9 nitrogen and oxygen atoms in total. The Balaban J connectivity index is 1.40. The predicted molar refractivity (Wildman–Crippen MR) is 139 cm³/mol. The molecule has 0 amide bonds. The minimum atomic E-state index is -0.878. The Morgan fingerprint density at radius 2 is 2.03 bits per heavy atom. The van der Waals surface area contributed by atoms with Crippen molar-refractivity contribution in [2.45, 2.75) is 64.3 Å². The molecule has 3 aromatic heterocycles. The molecule has 1 atom stereocenters. The molecule has 1 saturated carbocycles. The largest absolute Gasteiger partial charge is 0.487 e. The Hall–Kier alpha value is -3.50. The number of halogens is 1. The first kappa shape index (κ1) is 25.2. The van der Waals surface area contributed by atoms with Crippen LogP contribution in [0.25, 0.3) is 22.2 Å². The second-order valence-corrected chi connectivity index (χ2v) is 9.63. The van der Waals surface area contributed by atoms with Crippen LogP contribution in [0.1, 0.15) is 44.2 Å². The van der Waals surface area contributed by atoms with Crippen molar-refractivity contribution >= 4 is 16.7 Å². The lowest BCUT2D eigenvalue weighted by Crippen LogP contribution is -2.26. The molecule has 3 N–H and O–H groups in total. The topological polar surface area (TPSA) is 110 Å². The molecule has 1 aromatic carbocycles. The van der Waals surface area contributed by atoms with Crippen LogP contribution in [0.3, 0.4) is 0 Å². The number of rotatable bonds is 9. The zero-order chi connectivity index (χ0) is 25.9. The van der Waals surface area contributed by atoms with E-state index >= 15 is 0 Å². The molecule has 37 heavy (non-hydrogen) atoms. The summed E-state index contributed by atoms with van der Waals surface area (Å²) < 4.78 is 24.2. The summed E-state index contributed by atoms with van der Waals surface area (Å²) in [6, 6.07) is 7.45. The van der Waals surface area contributed by atoms with Gasteiger partial charge in [0.15, 0.2) is 11.6 Å². The van der Waals surface area contributed by atoms with E-state index in [-0.39, 0.29) is 31.1 Å². The summed E-state index contributed by atoms with van der Waals surface area (Å²) in [5.41, 5.74) is 3.16. The van der Waals surface area contributed by atoms with Crippen molar-refractivity contribution < 1.29 is 19.3 Å². The lowest BCUT2D eigenvalue weighted by molar-refractivity contribution is 0.0783. The molecule has 10 heteroatoms. The maximum Gasteiger partial charge on any atom is 0.167 e. The first-order valence-corrected chi connectivity index (χ1v) is 12.8. The van der Waals surface area contributed by atoms with Crippen molar-refractivity contribution in [2.75, 3.05) is 18.5 Å². The number of nitrogens with zero attached hydrogens (tertiary/aromatic N) is 5. The Morgan fingerprint density at radius 3 is 2.78 bits per heavy atom. The summed E-state index contributed by atoms with van der Waals surface area (Å²) >= 11 is 0. The fraction of sp³-hybridized carbons (Fsp3) is 0.444. The summed E-state index contributed by atoms with van der Waals surface area (Å²) in [7, 11) is 0. The summed E-state index contributed by atoms with van der Waals surface area (Å²) in [4.78, 5) is 4.56. The maximum absolute atomic E-state index is 14.4. The van der Waals surface area contributed by atoms with Gasteiger partial charge in [0, 0.05) is 36.0 Å². The van der Waals surface area contributed by atoms with Gasteiger partial charge >= 0.3 is 0 Å². The molecular formula is C27H33FN6O3. The third-order valence-electron chi connectivity index (χ3n) is 6.90. The van der Waals surface area contributed by atoms with Crippen LogP contribution >= 0.6 is 0 Å². The summed E-state index contributed by atoms with van der Waals surface area (Å²) in [6.45, 7) is 4.41. The molecule has 4 aromatic rings. The second kappa shape index (κ2) is 10.9. The normalized spacial score (nSPS) is 18.7. The van der Waals surface area contributed by atoms with Gasteiger partial charge < -0.3 is 20.3 Å². The zero-order valence-electron chi connectivity index (χ0n) is 21.1. The molecule has 196 valence electrons. The summed E-state index contributed by atoms with van der Waals surface area (Å²) in [6.07, 6.45) is 7.78. The van der Waals surface area contributed by atoms with Crippen LogP contribution in [0.4, 0.5) is 10.2 Å². The van der Waals surface area contributed by atoms with Gasteiger partial charge in [-0.1, -0.05) is 12.1 Å². The molecule has 0 spiro atoms. The van der Waals surface area contributed by atoms with Crippen molar-refractivity contribution in [1.29, 1.82) is 0 Å². The lowest BCUT2D eigenvalue weighted by Gasteiger charge is -2.29. The van der Waals surface area contributed by atoms with Gasteiger partial charge in [-0.25, -0.2) is 9.37 Å². The smallest absolute Gasteiger partial charge is 0.167 e. The summed E-state index contributed by atoms with van der Waals surface area (Å²) in [5, 5.41) is 32.5. The number of hydrogen-bond donors (Lipinski definition) is 3. The van der Waals surface area contributed by atoms with E-state index in [2.05, 4.69) is 20.1 Å². The molecule has 1 fully saturated rings. The highest BCUT2D eigenvalue weighted by atomic mass is 19.1. The van der Waals surface area contributed by atoms with Crippen molar-refractivity contribution in [3.05, 3.63) is 54.2 Å². The molecule has 0 aliphatic heterocycles. The fourth-order valence-electron chi connectivity index (χ4n) is 4.96. The van der Waals surface area contributed by atoms with Crippen LogP contribution in [0.15, 0.2) is 42.9 Å². The number of nitrogens with one attached hydrogen (secondary N) is 1. The Morgan fingerprint density at radius 1 is 1.22 bits per heavy atom. The zero-order valence-corrected chi connectivity index (χ0v) is 21.1. The van der Waals surface area contributed by atoms with E-state index in [1.165, 1.54) is 0 Å². The van der Waals surface area contributed by atoms with E-state index in [0.29, 0.717) is 11.3 Å². The molecule has 0 saturated heterocycles. The van der Waals surface area contributed by atoms with Gasteiger partial charge in [0.05, 0.1) is 43.1 Å². The fourth-order valence-corrected chi connectivity index (χ4v) is 4.96. The van der Waals surface area contributed by atoms with Crippen LogP contribution in [-0.2, 0) is 6.54 Å². The summed E-state index contributed by atoms with van der Waals surface area (Å²) in [5.74, 6) is 0.819. The van der Waals surface area contributed by atoms with Crippen molar-refractivity contribution in [3.8, 4) is 17.0 Å². The highest BCUT2D eigenvalue weighted by molar-refractivity contribution is 5.93. The third kappa shape index (κ3) is 5.30. The number of anilines is 1. The van der Waals surface area contributed by atoms with E-state index in [1.807, 2.05) is 31.5 Å². The Kier molecular flexibility index (Phi) is 7.38. The number of fused-ring (bicyclic) bond motifs is 1. The van der Waals surface area contributed by atoms with Crippen LogP contribution in [0, 0.1) is 12.7 Å². The number of aryl methyl sites for hydroxylation is 1. The lowest BCUT2D eigenvalue weighted by atomic mass is 9.93. The van der Waals surface area contributed by atoms with Gasteiger partial charge in [0.2, 0.25) is 0 Å². The van der Waals surface area contributed by atoms with Gasteiger partial charge in [-0.15, -0.1) is 0 Å². The van der Waals surface area contributed by atoms with Gasteiger partial charge in [0.25, 0.3) is 0 Å². The van der Waals surface area contributed by atoms with Gasteiger partial charge in [0.1, 0.15) is 11.5 Å². The van der Waals surface area contributed by atoms with Crippen molar-refractivity contribution in [1.82, 2.24) is 24.5 Å². The van der Waals surface area contributed by atoms with Crippen LogP contribution in [0.2, 0.25) is 0 Å². The van der Waals surface area contributed by atoms with Crippen molar-refractivity contribution in [3.63, 3.8) is 0 Å². The van der Waals surface area contributed by atoms with Crippen molar-refractivity contribution in [2.24, 2.45) is 0 Å². The molecule has 3 heterocycles. The van der Waals surface area contributed by atoms with Gasteiger partial charge in [-0.3, -0.25) is 9.36 Å². The molecule has 5 rings (SSSR count). The number of ether oxygens (including phenoxy) is 1. The number of aliphatic hydroxyl groups is 2. The quantitative estimate of drug-likeness (QED) is 0.312. The predicted octanol–water partition coefficient (Wildman–Crippen LogP) is 4.09. The SMILES string of the molecule is CCNc1cc2c(cn1)c(-c1cnn(C[C@@H](O)CO)c1)nn2[C@H]1CC[C@@H](Oc2cccc(C)c2F)CC1. The molecular weight excluding hydrogens is 475 g/mol. The van der Waals surface area contributed by atoms with Gasteiger partial charge in [-0.2, -0.15) is 10.2 Å². The third-order valence-corrected chi connectivity index (χ3v) is 6.90. The van der Waals surface area contributed by atoms with E-state index in [0.717, 1.165) is 60.2 Å². The molecule has 1 aliphatic rings. The number of hydrogen-bond acceptors (Lipinski definition) is 7. The standard InChI is InChI=1S/C27H33FN6O3/c1-3-29-25-11-23-22(13-30-25)27(18-12-31-33(14-18)15-20(36)16-35)32-34(23)19-7-9-21(10-8-19)37-24-6-4-5-17(2)26(24)28/h4-6,11-14,19-21,35-36H,3,7-10,15-16H2,1-2H3,(H,29,30)/t19-,20-,21+/m1/s1. The van der Waals surface area contributed by atoms with E-state index in [9.17, 15) is 9.50 Å². The van der Waals surface area contributed by atoms with Gasteiger partial charge in [-0.05, 0) is 51.2 Å². The first-order chi connectivity index (χ1) is 18.0. The molecule has 0 unspecified atom stereocenters. The second-order valence-electron chi connectivity index (χ2n) is 9.63. The maximum atomic E-state index is 14.4.